The SMILES string of the molecule is CCC1C=C(C(=O)N2CCN(C)CC2)C(C(O)O)CC1. The number of carbonyl (C=O) groups excluding carboxylic acids is 1. The van der Waals surface area contributed by atoms with Gasteiger partial charge in [-0.1, -0.05) is 13.0 Å². The van der Waals surface area contributed by atoms with Crippen LogP contribution in [0.15, 0.2) is 11.6 Å². The van der Waals surface area contributed by atoms with Crippen molar-refractivity contribution >= 4 is 5.91 Å². The Labute approximate surface area is 120 Å². The Morgan fingerprint density at radius 3 is 2.50 bits per heavy atom. The van der Waals surface area contributed by atoms with Crippen molar-refractivity contribution in [2.75, 3.05) is 33.2 Å². The average molecular weight is 282 g/mol. The summed E-state index contributed by atoms with van der Waals surface area (Å²) in [4.78, 5) is 16.7. The van der Waals surface area contributed by atoms with Crippen LogP contribution in [-0.2, 0) is 4.79 Å². The van der Waals surface area contributed by atoms with E-state index in [4.69, 9.17) is 0 Å². The van der Waals surface area contributed by atoms with E-state index in [0.29, 0.717) is 17.9 Å². The molecule has 1 aliphatic heterocycles. The summed E-state index contributed by atoms with van der Waals surface area (Å²) in [5.41, 5.74) is 0.614. The molecule has 114 valence electrons. The summed E-state index contributed by atoms with van der Waals surface area (Å²) in [7, 11) is 2.05. The number of aliphatic hydroxyl groups excluding tert-OH is 1. The minimum Gasteiger partial charge on any atom is -0.368 e. The van der Waals surface area contributed by atoms with Crippen LogP contribution in [0.1, 0.15) is 26.2 Å². The van der Waals surface area contributed by atoms with Gasteiger partial charge in [0.2, 0.25) is 5.91 Å². The summed E-state index contributed by atoms with van der Waals surface area (Å²) in [5.74, 6) is -0.0456. The zero-order valence-electron chi connectivity index (χ0n) is 12.5. The van der Waals surface area contributed by atoms with Crippen LogP contribution in [0.5, 0.6) is 0 Å². The lowest BCUT2D eigenvalue weighted by atomic mass is 9.80. The van der Waals surface area contributed by atoms with Gasteiger partial charge in [0.05, 0.1) is 0 Å². The van der Waals surface area contributed by atoms with Gasteiger partial charge in [-0.25, -0.2) is 0 Å². The largest absolute Gasteiger partial charge is 0.368 e. The molecule has 0 radical (unpaired) electrons. The van der Waals surface area contributed by atoms with Gasteiger partial charge >= 0.3 is 0 Å². The molecule has 5 heteroatoms. The Kier molecular flexibility index (Phi) is 5.18. The molecule has 2 aliphatic rings. The van der Waals surface area contributed by atoms with Crippen LogP contribution in [0.25, 0.3) is 0 Å². The standard InChI is InChI=1S/C15H26N2O3/c1-3-11-4-5-12(15(19)20)13(10-11)14(18)17-8-6-16(2)7-9-17/h10-12,15,19-20H,3-9H2,1-2H3. The van der Waals surface area contributed by atoms with Gasteiger partial charge in [-0.15, -0.1) is 0 Å². The van der Waals surface area contributed by atoms with Crippen LogP contribution in [0.3, 0.4) is 0 Å². The highest BCUT2D eigenvalue weighted by atomic mass is 16.5. The normalized spacial score (nSPS) is 28.6. The molecule has 0 spiro atoms. The highest BCUT2D eigenvalue weighted by Gasteiger charge is 2.33. The molecular formula is C15H26N2O3. The molecule has 1 saturated heterocycles. The second-order valence-corrected chi connectivity index (χ2v) is 5.98. The summed E-state index contributed by atoms with van der Waals surface area (Å²) in [6.45, 7) is 5.30. The lowest BCUT2D eigenvalue weighted by Crippen LogP contribution is -2.49. The lowest BCUT2D eigenvalue weighted by molar-refractivity contribution is -0.133. The van der Waals surface area contributed by atoms with Crippen LogP contribution in [0.2, 0.25) is 0 Å². The van der Waals surface area contributed by atoms with Crippen molar-refractivity contribution in [3.8, 4) is 0 Å². The van der Waals surface area contributed by atoms with E-state index in [0.717, 1.165) is 39.0 Å². The summed E-state index contributed by atoms with van der Waals surface area (Å²) < 4.78 is 0. The minimum absolute atomic E-state index is 0.00523. The zero-order chi connectivity index (χ0) is 14.7. The molecule has 2 atom stereocenters. The molecule has 0 aromatic heterocycles. The smallest absolute Gasteiger partial charge is 0.250 e. The summed E-state index contributed by atoms with van der Waals surface area (Å²) in [6.07, 6.45) is 3.15. The van der Waals surface area contributed by atoms with E-state index < -0.39 is 12.2 Å². The van der Waals surface area contributed by atoms with Gasteiger partial charge < -0.3 is 20.0 Å². The fraction of sp³-hybridized carbons (Fsp3) is 0.800. The first kappa shape index (κ1) is 15.5. The Balaban J connectivity index is 2.13. The monoisotopic (exact) mass is 282 g/mol. The van der Waals surface area contributed by atoms with E-state index in [1.54, 1.807) is 0 Å². The lowest BCUT2D eigenvalue weighted by Gasteiger charge is -2.36. The number of rotatable bonds is 3. The van der Waals surface area contributed by atoms with Gasteiger partial charge in [0.1, 0.15) is 0 Å². The molecule has 2 unspecified atom stereocenters. The van der Waals surface area contributed by atoms with Crippen LogP contribution in [0.4, 0.5) is 0 Å². The number of piperazine rings is 1. The molecule has 1 heterocycles. The molecule has 1 amide bonds. The van der Waals surface area contributed by atoms with E-state index in [1.807, 2.05) is 11.0 Å². The highest BCUT2D eigenvalue weighted by Crippen LogP contribution is 2.33. The van der Waals surface area contributed by atoms with Crippen molar-refractivity contribution in [2.45, 2.75) is 32.5 Å². The number of allylic oxidation sites excluding steroid dienone is 1. The third kappa shape index (κ3) is 3.40. The molecule has 5 nitrogen and oxygen atoms in total. The molecular weight excluding hydrogens is 256 g/mol. The molecule has 0 bridgehead atoms. The van der Waals surface area contributed by atoms with Crippen molar-refractivity contribution in [1.82, 2.24) is 9.80 Å². The van der Waals surface area contributed by atoms with E-state index in [9.17, 15) is 15.0 Å². The van der Waals surface area contributed by atoms with Gasteiger partial charge in [0, 0.05) is 37.7 Å². The Hall–Kier alpha value is -0.910. The maximum Gasteiger partial charge on any atom is 0.250 e. The number of amides is 1. The predicted octanol–water partition coefficient (Wildman–Crippen LogP) is 0.434. The van der Waals surface area contributed by atoms with Gasteiger partial charge in [-0.3, -0.25) is 4.79 Å². The minimum atomic E-state index is -1.43. The van der Waals surface area contributed by atoms with Crippen LogP contribution < -0.4 is 0 Å². The fourth-order valence-electron chi connectivity index (χ4n) is 3.06. The van der Waals surface area contributed by atoms with Crippen molar-refractivity contribution in [2.24, 2.45) is 11.8 Å². The molecule has 20 heavy (non-hydrogen) atoms. The van der Waals surface area contributed by atoms with Crippen molar-refractivity contribution < 1.29 is 15.0 Å². The number of likely N-dealkylation sites (N-methyl/N-ethyl adjacent to an activating group) is 1. The number of nitrogens with zero attached hydrogens (tertiary/aromatic N) is 2. The molecule has 0 aromatic carbocycles. The maximum absolute atomic E-state index is 12.7. The molecule has 2 rings (SSSR count). The Morgan fingerprint density at radius 1 is 1.30 bits per heavy atom. The van der Waals surface area contributed by atoms with Crippen molar-refractivity contribution in [3.05, 3.63) is 11.6 Å². The second-order valence-electron chi connectivity index (χ2n) is 5.98. The zero-order valence-corrected chi connectivity index (χ0v) is 12.5. The van der Waals surface area contributed by atoms with Crippen molar-refractivity contribution in [1.29, 1.82) is 0 Å². The molecule has 1 fully saturated rings. The Bertz CT molecular complexity index is 373. The summed E-state index contributed by atoms with van der Waals surface area (Å²) in [6, 6.07) is 0. The topological polar surface area (TPSA) is 64.0 Å². The van der Waals surface area contributed by atoms with E-state index >= 15 is 0 Å². The first-order valence-corrected chi connectivity index (χ1v) is 7.58. The molecule has 0 saturated carbocycles. The number of hydrogen-bond donors (Lipinski definition) is 2. The maximum atomic E-state index is 12.7. The quantitative estimate of drug-likeness (QED) is 0.737. The van der Waals surface area contributed by atoms with Gasteiger partial charge in [-0.05, 0) is 32.2 Å². The number of carbonyl (C=O) groups is 1. The third-order valence-electron chi connectivity index (χ3n) is 4.58. The third-order valence-corrected chi connectivity index (χ3v) is 4.58. The van der Waals surface area contributed by atoms with Crippen molar-refractivity contribution in [3.63, 3.8) is 0 Å². The highest BCUT2D eigenvalue weighted by molar-refractivity contribution is 5.94. The molecule has 2 N–H and O–H groups in total. The first-order chi connectivity index (χ1) is 9.52. The molecule has 1 aliphatic carbocycles. The van der Waals surface area contributed by atoms with Crippen LogP contribution >= 0.6 is 0 Å². The van der Waals surface area contributed by atoms with Gasteiger partial charge in [-0.2, -0.15) is 0 Å². The number of hydrogen-bond acceptors (Lipinski definition) is 4. The predicted molar refractivity (Wildman–Crippen MR) is 76.9 cm³/mol. The molecule has 0 aromatic rings. The average Bonchev–Trinajstić information content (AvgIpc) is 2.46. The Morgan fingerprint density at radius 2 is 1.95 bits per heavy atom. The summed E-state index contributed by atoms with van der Waals surface area (Å²) >= 11 is 0. The van der Waals surface area contributed by atoms with E-state index in [-0.39, 0.29) is 5.91 Å². The fourth-order valence-corrected chi connectivity index (χ4v) is 3.06. The van der Waals surface area contributed by atoms with Gasteiger partial charge in [0.15, 0.2) is 6.29 Å². The van der Waals surface area contributed by atoms with E-state index in [1.165, 1.54) is 0 Å². The summed E-state index contributed by atoms with van der Waals surface area (Å²) in [5, 5.41) is 19.1. The van der Waals surface area contributed by atoms with Crippen LogP contribution in [0, 0.1) is 11.8 Å². The second kappa shape index (κ2) is 6.70. The van der Waals surface area contributed by atoms with Gasteiger partial charge in [0.25, 0.3) is 0 Å². The van der Waals surface area contributed by atoms with Crippen LogP contribution in [-0.4, -0.2) is 65.4 Å². The van der Waals surface area contributed by atoms with E-state index in [2.05, 4.69) is 18.9 Å². The first-order valence-electron chi connectivity index (χ1n) is 7.58. The number of aliphatic hydroxyl groups is 2.